The van der Waals surface area contributed by atoms with Crippen LogP contribution < -0.4 is 10.1 Å². The van der Waals surface area contributed by atoms with Crippen molar-refractivity contribution in [2.45, 2.75) is 33.3 Å². The summed E-state index contributed by atoms with van der Waals surface area (Å²) < 4.78 is 5.44. The van der Waals surface area contributed by atoms with Crippen LogP contribution in [0.2, 0.25) is 0 Å². The van der Waals surface area contributed by atoms with Crippen molar-refractivity contribution < 1.29 is 14.3 Å². The van der Waals surface area contributed by atoms with E-state index in [2.05, 4.69) is 5.32 Å². The standard InChI is InChI=1S/C14H17NO3/c1-4-8(2)13(16)10-5-6-12-11(7-10)15-14(17)9(3)18-12/h5-9H,4H2,1-3H3,(H,15,17). The second-order valence-electron chi connectivity index (χ2n) is 4.63. The summed E-state index contributed by atoms with van der Waals surface area (Å²) in [5, 5.41) is 2.75. The smallest absolute Gasteiger partial charge is 0.265 e. The number of Topliss-reactive ketones (excluding diaryl/α,β-unsaturated/α-hetero) is 1. The van der Waals surface area contributed by atoms with Crippen LogP contribution in [0.25, 0.3) is 0 Å². The first-order valence-electron chi connectivity index (χ1n) is 6.18. The molecule has 96 valence electrons. The van der Waals surface area contributed by atoms with Crippen LogP contribution in [0.1, 0.15) is 37.6 Å². The first-order chi connectivity index (χ1) is 8.52. The molecule has 1 aromatic rings. The number of hydrogen-bond acceptors (Lipinski definition) is 3. The van der Waals surface area contributed by atoms with Gasteiger partial charge >= 0.3 is 0 Å². The van der Waals surface area contributed by atoms with E-state index in [4.69, 9.17) is 4.74 Å². The van der Waals surface area contributed by atoms with Crippen molar-refractivity contribution in [2.75, 3.05) is 5.32 Å². The topological polar surface area (TPSA) is 55.4 Å². The summed E-state index contributed by atoms with van der Waals surface area (Å²) in [6.45, 7) is 5.57. The van der Waals surface area contributed by atoms with Gasteiger partial charge in [-0.1, -0.05) is 13.8 Å². The van der Waals surface area contributed by atoms with Crippen LogP contribution in [0.3, 0.4) is 0 Å². The SMILES string of the molecule is CCC(C)C(=O)c1ccc2c(c1)NC(=O)C(C)O2. The maximum atomic E-state index is 12.1. The first kappa shape index (κ1) is 12.6. The van der Waals surface area contributed by atoms with Crippen molar-refractivity contribution in [3.05, 3.63) is 23.8 Å². The molecule has 0 saturated carbocycles. The van der Waals surface area contributed by atoms with E-state index < -0.39 is 6.10 Å². The van der Waals surface area contributed by atoms with Crippen LogP contribution in [-0.4, -0.2) is 17.8 Å². The van der Waals surface area contributed by atoms with E-state index in [0.717, 1.165) is 6.42 Å². The highest BCUT2D eigenvalue weighted by Crippen LogP contribution is 2.31. The van der Waals surface area contributed by atoms with Crippen molar-refractivity contribution >= 4 is 17.4 Å². The fourth-order valence-electron chi connectivity index (χ4n) is 1.83. The molecule has 4 nitrogen and oxygen atoms in total. The number of rotatable bonds is 3. The molecular formula is C14H17NO3. The molecule has 1 amide bonds. The number of fused-ring (bicyclic) bond motifs is 1. The summed E-state index contributed by atoms with van der Waals surface area (Å²) in [7, 11) is 0. The molecule has 0 aliphatic carbocycles. The molecule has 1 aliphatic heterocycles. The average Bonchev–Trinajstić information content (AvgIpc) is 2.37. The maximum Gasteiger partial charge on any atom is 0.265 e. The summed E-state index contributed by atoms with van der Waals surface area (Å²) in [5.41, 5.74) is 1.19. The van der Waals surface area contributed by atoms with E-state index in [1.165, 1.54) is 0 Å². The number of ether oxygens (including phenoxy) is 1. The van der Waals surface area contributed by atoms with E-state index >= 15 is 0 Å². The Kier molecular flexibility index (Phi) is 3.36. The fourth-order valence-corrected chi connectivity index (χ4v) is 1.83. The van der Waals surface area contributed by atoms with Crippen LogP contribution in [0.4, 0.5) is 5.69 Å². The zero-order valence-electron chi connectivity index (χ0n) is 10.8. The van der Waals surface area contributed by atoms with Gasteiger partial charge in [0, 0.05) is 11.5 Å². The average molecular weight is 247 g/mol. The maximum absolute atomic E-state index is 12.1. The van der Waals surface area contributed by atoms with E-state index in [-0.39, 0.29) is 17.6 Å². The predicted molar refractivity (Wildman–Crippen MR) is 68.9 cm³/mol. The van der Waals surface area contributed by atoms with Crippen molar-refractivity contribution in [3.8, 4) is 5.75 Å². The lowest BCUT2D eigenvalue weighted by Gasteiger charge is -2.23. The minimum absolute atomic E-state index is 0.0119. The minimum atomic E-state index is -0.492. The lowest BCUT2D eigenvalue weighted by molar-refractivity contribution is -0.122. The summed E-state index contributed by atoms with van der Waals surface area (Å²) >= 11 is 0. The molecule has 18 heavy (non-hydrogen) atoms. The Balaban J connectivity index is 2.30. The van der Waals surface area contributed by atoms with E-state index in [1.54, 1.807) is 25.1 Å². The van der Waals surface area contributed by atoms with Gasteiger partial charge in [-0.25, -0.2) is 0 Å². The number of hydrogen-bond donors (Lipinski definition) is 1. The van der Waals surface area contributed by atoms with Crippen LogP contribution in [0, 0.1) is 5.92 Å². The molecule has 2 unspecified atom stereocenters. The minimum Gasteiger partial charge on any atom is -0.479 e. The van der Waals surface area contributed by atoms with Gasteiger partial charge in [-0.05, 0) is 31.5 Å². The number of carbonyl (C=O) groups is 2. The number of ketones is 1. The Labute approximate surface area is 106 Å². The lowest BCUT2D eigenvalue weighted by atomic mass is 9.96. The van der Waals surface area contributed by atoms with Crippen LogP contribution >= 0.6 is 0 Å². The third kappa shape index (κ3) is 2.23. The number of nitrogens with one attached hydrogen (secondary N) is 1. The van der Waals surface area contributed by atoms with Crippen molar-refractivity contribution in [2.24, 2.45) is 5.92 Å². The molecular weight excluding hydrogens is 230 g/mol. The largest absolute Gasteiger partial charge is 0.479 e. The molecule has 0 bridgehead atoms. The predicted octanol–water partition coefficient (Wildman–Crippen LogP) is 2.63. The molecule has 1 heterocycles. The normalized spacial score (nSPS) is 19.5. The number of benzene rings is 1. The zero-order valence-corrected chi connectivity index (χ0v) is 10.8. The highest BCUT2D eigenvalue weighted by atomic mass is 16.5. The monoisotopic (exact) mass is 247 g/mol. The molecule has 0 saturated heterocycles. The molecule has 0 fully saturated rings. The molecule has 1 aromatic carbocycles. The second kappa shape index (κ2) is 4.80. The zero-order chi connectivity index (χ0) is 13.3. The number of carbonyl (C=O) groups excluding carboxylic acids is 2. The van der Waals surface area contributed by atoms with E-state index in [0.29, 0.717) is 17.0 Å². The van der Waals surface area contributed by atoms with Gasteiger partial charge in [0.25, 0.3) is 5.91 Å². The van der Waals surface area contributed by atoms with Gasteiger partial charge in [0.1, 0.15) is 5.75 Å². The molecule has 2 atom stereocenters. The van der Waals surface area contributed by atoms with Gasteiger partial charge in [0.05, 0.1) is 5.69 Å². The summed E-state index contributed by atoms with van der Waals surface area (Å²) in [5.74, 6) is 0.508. The molecule has 4 heteroatoms. The highest BCUT2D eigenvalue weighted by Gasteiger charge is 2.24. The Morgan fingerprint density at radius 1 is 1.50 bits per heavy atom. The van der Waals surface area contributed by atoms with Gasteiger partial charge < -0.3 is 10.1 Å². The third-order valence-electron chi connectivity index (χ3n) is 3.25. The van der Waals surface area contributed by atoms with E-state index in [1.807, 2.05) is 13.8 Å². The van der Waals surface area contributed by atoms with Crippen LogP contribution in [0.5, 0.6) is 5.75 Å². The summed E-state index contributed by atoms with van der Waals surface area (Å²) in [6, 6.07) is 5.17. The van der Waals surface area contributed by atoms with Crippen LogP contribution in [0.15, 0.2) is 18.2 Å². The van der Waals surface area contributed by atoms with Crippen molar-refractivity contribution in [1.82, 2.24) is 0 Å². The number of anilines is 1. The van der Waals surface area contributed by atoms with E-state index in [9.17, 15) is 9.59 Å². The Morgan fingerprint density at radius 2 is 2.22 bits per heavy atom. The van der Waals surface area contributed by atoms with Crippen LogP contribution in [-0.2, 0) is 4.79 Å². The van der Waals surface area contributed by atoms with Gasteiger partial charge in [0.2, 0.25) is 0 Å². The second-order valence-corrected chi connectivity index (χ2v) is 4.63. The fraction of sp³-hybridized carbons (Fsp3) is 0.429. The third-order valence-corrected chi connectivity index (χ3v) is 3.25. The van der Waals surface area contributed by atoms with Gasteiger partial charge in [-0.15, -0.1) is 0 Å². The van der Waals surface area contributed by atoms with Crippen molar-refractivity contribution in [3.63, 3.8) is 0 Å². The molecule has 1 N–H and O–H groups in total. The lowest BCUT2D eigenvalue weighted by Crippen LogP contribution is -2.34. The van der Waals surface area contributed by atoms with Gasteiger partial charge in [-0.2, -0.15) is 0 Å². The summed E-state index contributed by atoms with van der Waals surface area (Å²) in [4.78, 5) is 23.6. The quantitative estimate of drug-likeness (QED) is 0.835. The van der Waals surface area contributed by atoms with Gasteiger partial charge in [0.15, 0.2) is 11.9 Å². The van der Waals surface area contributed by atoms with Crippen molar-refractivity contribution in [1.29, 1.82) is 0 Å². The summed E-state index contributed by atoms with van der Waals surface area (Å²) in [6.07, 6.45) is 0.309. The molecule has 0 spiro atoms. The Morgan fingerprint density at radius 3 is 2.89 bits per heavy atom. The molecule has 1 aliphatic rings. The van der Waals surface area contributed by atoms with Gasteiger partial charge in [-0.3, -0.25) is 9.59 Å². The molecule has 2 rings (SSSR count). The first-order valence-corrected chi connectivity index (χ1v) is 6.18. The Bertz CT molecular complexity index is 496. The molecule has 0 aromatic heterocycles. The highest BCUT2D eigenvalue weighted by molar-refractivity contribution is 6.02. The molecule has 0 radical (unpaired) electrons. The number of amides is 1. The Hall–Kier alpha value is -1.84.